The maximum absolute atomic E-state index is 9.49. The number of hydrogen-bond acceptors (Lipinski definition) is 3. The number of aromatic nitrogens is 2. The minimum absolute atomic E-state index is 0.254. The highest BCUT2D eigenvalue weighted by Crippen LogP contribution is 2.23. The lowest BCUT2D eigenvalue weighted by atomic mass is 10.2. The fraction of sp³-hybridized carbons (Fsp3) is 0.0714. The molecule has 1 aromatic carbocycles. The van der Waals surface area contributed by atoms with Crippen LogP contribution in [0.2, 0.25) is 0 Å². The Hall–Kier alpha value is -2.49. The normalized spacial score (nSPS) is 10.7. The molecule has 0 aliphatic carbocycles. The third-order valence-electron chi connectivity index (χ3n) is 2.78. The molecule has 3 rings (SSSR count). The summed E-state index contributed by atoms with van der Waals surface area (Å²) in [5.41, 5.74) is 1.99. The molecule has 90 valence electrons. The van der Waals surface area contributed by atoms with Crippen molar-refractivity contribution in [1.82, 2.24) is 9.97 Å². The molecule has 0 aliphatic rings. The fourth-order valence-corrected chi connectivity index (χ4v) is 1.88. The Morgan fingerprint density at radius 1 is 1.28 bits per heavy atom. The Labute approximate surface area is 104 Å². The van der Waals surface area contributed by atoms with Crippen molar-refractivity contribution in [2.75, 3.05) is 0 Å². The number of nitrogens with zero attached hydrogens (tertiary/aromatic N) is 1. The largest absolute Gasteiger partial charge is 0.508 e. The van der Waals surface area contributed by atoms with Gasteiger partial charge in [-0.05, 0) is 30.3 Å². The van der Waals surface area contributed by atoms with Crippen LogP contribution in [-0.4, -0.2) is 15.1 Å². The maximum atomic E-state index is 9.49. The Bertz CT molecular complexity index is 662. The van der Waals surface area contributed by atoms with E-state index in [0.717, 1.165) is 22.2 Å². The van der Waals surface area contributed by atoms with Crippen molar-refractivity contribution >= 4 is 10.9 Å². The molecule has 0 amide bonds. The molecule has 2 heterocycles. The second-order valence-corrected chi connectivity index (χ2v) is 4.02. The third kappa shape index (κ3) is 2.00. The topological polar surface area (TPSA) is 58.1 Å². The second-order valence-electron chi connectivity index (χ2n) is 4.02. The molecule has 0 bridgehead atoms. The minimum Gasteiger partial charge on any atom is -0.508 e. The summed E-state index contributed by atoms with van der Waals surface area (Å²) in [7, 11) is 0. The van der Waals surface area contributed by atoms with Crippen LogP contribution >= 0.6 is 0 Å². The number of rotatable bonds is 3. The van der Waals surface area contributed by atoms with E-state index in [-0.39, 0.29) is 5.75 Å². The summed E-state index contributed by atoms with van der Waals surface area (Å²) in [6.07, 6.45) is 5.27. The lowest BCUT2D eigenvalue weighted by molar-refractivity contribution is 0.306. The number of fused-ring (bicyclic) bond motifs is 1. The maximum Gasteiger partial charge on any atom is 0.138 e. The molecule has 3 aromatic rings. The highest BCUT2D eigenvalue weighted by Gasteiger charge is 2.05. The average Bonchev–Trinajstić information content (AvgIpc) is 2.80. The van der Waals surface area contributed by atoms with Gasteiger partial charge in [0.15, 0.2) is 0 Å². The van der Waals surface area contributed by atoms with Gasteiger partial charge in [-0.15, -0.1) is 0 Å². The van der Waals surface area contributed by atoms with E-state index >= 15 is 0 Å². The van der Waals surface area contributed by atoms with Crippen molar-refractivity contribution in [3.8, 4) is 11.5 Å². The molecule has 0 saturated carbocycles. The van der Waals surface area contributed by atoms with Gasteiger partial charge in [-0.25, -0.2) is 0 Å². The number of ether oxygens (including phenoxy) is 1. The molecule has 0 aliphatic heterocycles. The molecule has 0 fully saturated rings. The number of phenols is 1. The van der Waals surface area contributed by atoms with E-state index in [9.17, 15) is 5.11 Å². The number of H-pyrrole nitrogens is 1. The molecule has 0 unspecified atom stereocenters. The lowest BCUT2D eigenvalue weighted by Crippen LogP contribution is -1.94. The molecule has 0 radical (unpaired) electrons. The summed E-state index contributed by atoms with van der Waals surface area (Å²) in [6, 6.07) is 8.92. The van der Waals surface area contributed by atoms with Crippen LogP contribution in [0.25, 0.3) is 10.9 Å². The summed E-state index contributed by atoms with van der Waals surface area (Å²) in [6.45, 7) is 0.440. The monoisotopic (exact) mass is 240 g/mol. The Morgan fingerprint density at radius 3 is 3.06 bits per heavy atom. The molecular formula is C14H12N2O2. The van der Waals surface area contributed by atoms with Gasteiger partial charge in [0.1, 0.15) is 18.1 Å². The SMILES string of the molecule is Oc1ccc2[nH]cc(COc3cccnc3)c2c1. The van der Waals surface area contributed by atoms with Crippen molar-refractivity contribution in [2.45, 2.75) is 6.61 Å². The van der Waals surface area contributed by atoms with Gasteiger partial charge in [0, 0.05) is 28.9 Å². The first-order valence-electron chi connectivity index (χ1n) is 5.65. The number of aromatic amines is 1. The quantitative estimate of drug-likeness (QED) is 0.740. The standard InChI is InChI=1S/C14H12N2O2/c17-11-3-4-14-13(6-11)10(7-16-14)9-18-12-2-1-5-15-8-12/h1-8,16-17H,9H2. The van der Waals surface area contributed by atoms with Gasteiger partial charge in [0.25, 0.3) is 0 Å². The Morgan fingerprint density at radius 2 is 2.22 bits per heavy atom. The van der Waals surface area contributed by atoms with Crippen LogP contribution in [-0.2, 0) is 6.61 Å². The molecule has 0 atom stereocenters. The highest BCUT2D eigenvalue weighted by molar-refractivity contribution is 5.84. The summed E-state index contributed by atoms with van der Waals surface area (Å²) in [4.78, 5) is 7.13. The van der Waals surface area contributed by atoms with Gasteiger partial charge >= 0.3 is 0 Å². The van der Waals surface area contributed by atoms with Gasteiger partial charge in [-0.1, -0.05) is 0 Å². The zero-order valence-electron chi connectivity index (χ0n) is 9.63. The van der Waals surface area contributed by atoms with Crippen LogP contribution in [0, 0.1) is 0 Å². The van der Waals surface area contributed by atoms with Crippen molar-refractivity contribution < 1.29 is 9.84 Å². The van der Waals surface area contributed by atoms with Gasteiger partial charge in [0.2, 0.25) is 0 Å². The van der Waals surface area contributed by atoms with Crippen molar-refractivity contribution in [3.63, 3.8) is 0 Å². The Kier molecular flexibility index (Phi) is 2.61. The van der Waals surface area contributed by atoms with E-state index in [1.807, 2.05) is 24.4 Å². The molecule has 0 saturated heterocycles. The summed E-state index contributed by atoms with van der Waals surface area (Å²) in [5, 5.41) is 10.5. The van der Waals surface area contributed by atoms with Gasteiger partial charge < -0.3 is 14.8 Å². The first-order valence-corrected chi connectivity index (χ1v) is 5.65. The van der Waals surface area contributed by atoms with Crippen LogP contribution in [0.4, 0.5) is 0 Å². The highest BCUT2D eigenvalue weighted by atomic mass is 16.5. The van der Waals surface area contributed by atoms with Gasteiger partial charge in [-0.2, -0.15) is 0 Å². The molecule has 2 aromatic heterocycles. The summed E-state index contributed by atoms with van der Waals surface area (Å²) < 4.78 is 5.63. The van der Waals surface area contributed by atoms with Crippen molar-refractivity contribution in [1.29, 1.82) is 0 Å². The van der Waals surface area contributed by atoms with E-state index in [1.54, 1.807) is 24.5 Å². The number of nitrogens with one attached hydrogen (secondary N) is 1. The number of benzene rings is 1. The summed E-state index contributed by atoms with van der Waals surface area (Å²) >= 11 is 0. The fourth-order valence-electron chi connectivity index (χ4n) is 1.88. The lowest BCUT2D eigenvalue weighted by Gasteiger charge is -2.04. The molecular weight excluding hydrogens is 228 g/mol. The van der Waals surface area contributed by atoms with E-state index in [0.29, 0.717) is 6.61 Å². The van der Waals surface area contributed by atoms with Crippen molar-refractivity contribution in [2.24, 2.45) is 0 Å². The van der Waals surface area contributed by atoms with Crippen LogP contribution in [0.1, 0.15) is 5.56 Å². The van der Waals surface area contributed by atoms with E-state index < -0.39 is 0 Å². The molecule has 0 spiro atoms. The number of pyridine rings is 1. The van der Waals surface area contributed by atoms with Crippen LogP contribution in [0.15, 0.2) is 48.9 Å². The number of aromatic hydroxyl groups is 1. The van der Waals surface area contributed by atoms with E-state index in [4.69, 9.17) is 4.74 Å². The second kappa shape index (κ2) is 4.41. The summed E-state index contributed by atoms with van der Waals surface area (Å²) in [5.74, 6) is 0.983. The minimum atomic E-state index is 0.254. The van der Waals surface area contributed by atoms with Crippen LogP contribution in [0.3, 0.4) is 0 Å². The first-order chi connectivity index (χ1) is 8.83. The zero-order valence-corrected chi connectivity index (χ0v) is 9.63. The van der Waals surface area contributed by atoms with Gasteiger partial charge in [0.05, 0.1) is 6.20 Å². The number of phenolic OH excluding ortho intramolecular Hbond substituents is 1. The smallest absolute Gasteiger partial charge is 0.138 e. The average molecular weight is 240 g/mol. The molecule has 18 heavy (non-hydrogen) atoms. The Balaban J connectivity index is 1.85. The third-order valence-corrected chi connectivity index (χ3v) is 2.78. The zero-order chi connectivity index (χ0) is 12.4. The van der Waals surface area contributed by atoms with E-state index in [2.05, 4.69) is 9.97 Å². The van der Waals surface area contributed by atoms with Gasteiger partial charge in [-0.3, -0.25) is 4.98 Å². The number of hydrogen-bond donors (Lipinski definition) is 2. The first kappa shape index (κ1) is 10.7. The van der Waals surface area contributed by atoms with Crippen LogP contribution < -0.4 is 4.74 Å². The van der Waals surface area contributed by atoms with Crippen molar-refractivity contribution in [3.05, 3.63) is 54.5 Å². The predicted octanol–water partition coefficient (Wildman–Crippen LogP) is 2.85. The molecule has 4 heteroatoms. The predicted molar refractivity (Wildman–Crippen MR) is 68.5 cm³/mol. The van der Waals surface area contributed by atoms with Crippen LogP contribution in [0.5, 0.6) is 11.5 Å². The molecule has 2 N–H and O–H groups in total. The molecule has 4 nitrogen and oxygen atoms in total. The van der Waals surface area contributed by atoms with E-state index in [1.165, 1.54) is 0 Å².